The number of nitrogens with zero attached hydrogens (tertiary/aromatic N) is 6. The molecular formula is C19H14N6. The molecule has 0 aliphatic carbocycles. The van der Waals surface area contributed by atoms with Gasteiger partial charge in [0.15, 0.2) is 0 Å². The molecule has 5 rings (SSSR count). The van der Waals surface area contributed by atoms with Crippen LogP contribution in [0.25, 0.3) is 38.8 Å². The maximum absolute atomic E-state index is 4.53. The molecule has 4 heterocycles. The van der Waals surface area contributed by atoms with Gasteiger partial charge >= 0.3 is 0 Å². The van der Waals surface area contributed by atoms with E-state index < -0.39 is 0 Å². The van der Waals surface area contributed by atoms with E-state index in [0.717, 1.165) is 38.8 Å². The van der Waals surface area contributed by atoms with Gasteiger partial charge in [0.25, 0.3) is 0 Å². The lowest BCUT2D eigenvalue weighted by molar-refractivity contribution is 0.768. The van der Waals surface area contributed by atoms with Crippen LogP contribution in [0.3, 0.4) is 0 Å². The molecule has 0 atom stereocenters. The molecule has 0 saturated heterocycles. The molecular weight excluding hydrogens is 312 g/mol. The molecule has 1 aromatic carbocycles. The Morgan fingerprint density at radius 2 is 1.88 bits per heavy atom. The summed E-state index contributed by atoms with van der Waals surface area (Å²) in [4.78, 5) is 8.98. The summed E-state index contributed by atoms with van der Waals surface area (Å²) in [6.07, 6.45) is 9.25. The van der Waals surface area contributed by atoms with Crippen molar-refractivity contribution in [2.45, 2.75) is 0 Å². The fraction of sp³-hybridized carbons (Fsp3) is 0.0526. The molecule has 0 aliphatic rings. The molecule has 0 N–H and O–H groups in total. The Labute approximate surface area is 143 Å². The van der Waals surface area contributed by atoms with E-state index in [2.05, 4.69) is 38.4 Å². The average molecular weight is 326 g/mol. The maximum Gasteiger partial charge on any atom is 0.116 e. The van der Waals surface area contributed by atoms with Crippen LogP contribution >= 0.6 is 0 Å². The SMILES string of the molecule is Cn1cc(-c2ccc3c(-c4cnn5ccccc45)ncnc3c2)cn1. The van der Waals surface area contributed by atoms with Crippen molar-refractivity contribution in [2.75, 3.05) is 0 Å². The monoisotopic (exact) mass is 326 g/mol. The molecule has 5 aromatic rings. The normalized spacial score (nSPS) is 11.4. The fourth-order valence-corrected chi connectivity index (χ4v) is 3.14. The minimum absolute atomic E-state index is 0.893. The van der Waals surface area contributed by atoms with Gasteiger partial charge in [-0.1, -0.05) is 12.1 Å². The summed E-state index contributed by atoms with van der Waals surface area (Å²) in [5.41, 5.74) is 5.98. The molecule has 0 bridgehead atoms. The van der Waals surface area contributed by atoms with Crippen molar-refractivity contribution in [3.63, 3.8) is 0 Å². The highest BCUT2D eigenvalue weighted by Gasteiger charge is 2.12. The first-order chi connectivity index (χ1) is 12.3. The molecule has 120 valence electrons. The van der Waals surface area contributed by atoms with Gasteiger partial charge in [-0.15, -0.1) is 0 Å². The van der Waals surface area contributed by atoms with Gasteiger partial charge in [0.1, 0.15) is 6.33 Å². The number of fused-ring (bicyclic) bond motifs is 2. The third-order valence-corrected chi connectivity index (χ3v) is 4.36. The highest BCUT2D eigenvalue weighted by atomic mass is 15.2. The second-order valence-electron chi connectivity index (χ2n) is 5.95. The molecule has 0 saturated carbocycles. The molecule has 25 heavy (non-hydrogen) atoms. The topological polar surface area (TPSA) is 60.9 Å². The number of rotatable bonds is 2. The van der Waals surface area contributed by atoms with Crippen LogP contribution in [0.1, 0.15) is 0 Å². The molecule has 0 spiro atoms. The Bertz CT molecular complexity index is 1220. The smallest absolute Gasteiger partial charge is 0.116 e. The lowest BCUT2D eigenvalue weighted by Crippen LogP contribution is -1.90. The number of hydrogen-bond acceptors (Lipinski definition) is 4. The van der Waals surface area contributed by atoms with Gasteiger partial charge in [-0.2, -0.15) is 10.2 Å². The Balaban J connectivity index is 1.72. The molecule has 0 aliphatic heterocycles. The van der Waals surface area contributed by atoms with Crippen LogP contribution in [-0.4, -0.2) is 29.4 Å². The summed E-state index contributed by atoms with van der Waals surface area (Å²) in [5, 5.41) is 9.66. The van der Waals surface area contributed by atoms with Crippen LogP contribution in [0.4, 0.5) is 0 Å². The number of hydrogen-bond donors (Lipinski definition) is 0. The van der Waals surface area contributed by atoms with Crippen LogP contribution in [0.5, 0.6) is 0 Å². The van der Waals surface area contributed by atoms with Crippen LogP contribution in [0.2, 0.25) is 0 Å². The van der Waals surface area contributed by atoms with Crippen LogP contribution in [0.15, 0.2) is 67.5 Å². The van der Waals surface area contributed by atoms with E-state index in [1.807, 2.05) is 54.5 Å². The maximum atomic E-state index is 4.53. The van der Waals surface area contributed by atoms with Crippen molar-refractivity contribution in [1.29, 1.82) is 0 Å². The highest BCUT2D eigenvalue weighted by molar-refractivity contribution is 5.97. The molecule has 0 fully saturated rings. The van der Waals surface area contributed by atoms with E-state index in [4.69, 9.17) is 0 Å². The first-order valence-corrected chi connectivity index (χ1v) is 7.96. The van der Waals surface area contributed by atoms with Crippen molar-refractivity contribution in [3.05, 3.63) is 67.5 Å². The summed E-state index contributed by atoms with van der Waals surface area (Å²) in [6, 6.07) is 12.2. The second kappa shape index (κ2) is 5.24. The number of aromatic nitrogens is 6. The van der Waals surface area contributed by atoms with E-state index >= 15 is 0 Å². The molecule has 6 nitrogen and oxygen atoms in total. The molecule has 0 radical (unpaired) electrons. The molecule has 0 unspecified atom stereocenters. The summed E-state index contributed by atoms with van der Waals surface area (Å²) in [7, 11) is 1.91. The zero-order valence-corrected chi connectivity index (χ0v) is 13.5. The standard InChI is InChI=1S/C19H14N6/c1-24-11-14(9-22-24)13-5-6-15-17(8-13)20-12-21-19(15)16-10-23-25-7-3-2-4-18(16)25/h2-12H,1H3. The van der Waals surface area contributed by atoms with Crippen molar-refractivity contribution >= 4 is 16.4 Å². The van der Waals surface area contributed by atoms with Crippen molar-refractivity contribution in [3.8, 4) is 22.4 Å². The van der Waals surface area contributed by atoms with Crippen molar-refractivity contribution in [2.24, 2.45) is 7.05 Å². The molecule has 6 heteroatoms. The summed E-state index contributed by atoms with van der Waals surface area (Å²) >= 11 is 0. The number of benzene rings is 1. The van der Waals surface area contributed by atoms with Gasteiger partial charge < -0.3 is 0 Å². The second-order valence-corrected chi connectivity index (χ2v) is 5.95. The summed E-state index contributed by atoms with van der Waals surface area (Å²) < 4.78 is 3.65. The predicted octanol–water partition coefficient (Wildman–Crippen LogP) is 3.35. The zero-order chi connectivity index (χ0) is 16.8. The quantitative estimate of drug-likeness (QED) is 0.499. The van der Waals surface area contributed by atoms with E-state index in [0.29, 0.717) is 0 Å². The van der Waals surface area contributed by atoms with Crippen LogP contribution in [-0.2, 0) is 7.05 Å². The van der Waals surface area contributed by atoms with E-state index in [1.54, 1.807) is 11.0 Å². The third-order valence-electron chi connectivity index (χ3n) is 4.36. The van der Waals surface area contributed by atoms with Gasteiger partial charge in [0.05, 0.1) is 29.1 Å². The number of pyridine rings is 1. The van der Waals surface area contributed by atoms with Gasteiger partial charge in [-0.25, -0.2) is 14.5 Å². The van der Waals surface area contributed by atoms with Crippen molar-refractivity contribution < 1.29 is 0 Å². The Kier molecular flexibility index (Phi) is 2.90. The third kappa shape index (κ3) is 2.19. The van der Waals surface area contributed by atoms with E-state index in [1.165, 1.54) is 0 Å². The van der Waals surface area contributed by atoms with Gasteiger partial charge in [-0.3, -0.25) is 4.68 Å². The van der Waals surface area contributed by atoms with E-state index in [9.17, 15) is 0 Å². The van der Waals surface area contributed by atoms with E-state index in [-0.39, 0.29) is 0 Å². The minimum Gasteiger partial charge on any atom is -0.275 e. The minimum atomic E-state index is 0.893. The average Bonchev–Trinajstić information content (AvgIpc) is 3.27. The Hall–Kier alpha value is -3.54. The highest BCUT2D eigenvalue weighted by Crippen LogP contribution is 2.31. The van der Waals surface area contributed by atoms with Gasteiger partial charge in [0, 0.05) is 36.0 Å². The summed E-state index contributed by atoms with van der Waals surface area (Å²) in [5.74, 6) is 0. The first-order valence-electron chi connectivity index (χ1n) is 7.96. The zero-order valence-electron chi connectivity index (χ0n) is 13.5. The first kappa shape index (κ1) is 13.9. The fourth-order valence-electron chi connectivity index (χ4n) is 3.14. The lowest BCUT2D eigenvalue weighted by Gasteiger charge is -2.05. The lowest BCUT2D eigenvalue weighted by atomic mass is 10.0. The Morgan fingerprint density at radius 3 is 2.76 bits per heavy atom. The largest absolute Gasteiger partial charge is 0.275 e. The van der Waals surface area contributed by atoms with Gasteiger partial charge in [-0.05, 0) is 29.8 Å². The number of aryl methyl sites for hydroxylation is 1. The van der Waals surface area contributed by atoms with Crippen molar-refractivity contribution in [1.82, 2.24) is 29.4 Å². The van der Waals surface area contributed by atoms with Crippen LogP contribution < -0.4 is 0 Å². The van der Waals surface area contributed by atoms with Crippen LogP contribution in [0, 0.1) is 0 Å². The molecule has 4 aromatic heterocycles. The predicted molar refractivity (Wildman–Crippen MR) is 95.9 cm³/mol. The molecule has 0 amide bonds. The van der Waals surface area contributed by atoms with Gasteiger partial charge in [0.2, 0.25) is 0 Å². The summed E-state index contributed by atoms with van der Waals surface area (Å²) in [6.45, 7) is 0. The Morgan fingerprint density at radius 1 is 0.920 bits per heavy atom.